The van der Waals surface area contributed by atoms with Gasteiger partial charge in [0.2, 0.25) is 0 Å². The molecule has 11 aromatic carbocycles. The first kappa shape index (κ1) is 46.4. The second kappa shape index (κ2) is 15.3. The molecule has 3 aromatic heterocycles. The van der Waals surface area contributed by atoms with E-state index in [9.17, 15) is 0 Å². The molecule has 0 amide bonds. The number of hydrogen-bond acceptors (Lipinski definition) is 4. The van der Waals surface area contributed by atoms with Crippen molar-refractivity contribution >= 4 is 82.9 Å². The third kappa shape index (κ3) is 5.63. The van der Waals surface area contributed by atoms with Crippen molar-refractivity contribution < 1.29 is 13.3 Å². The highest BCUT2D eigenvalue weighted by Crippen LogP contribution is 2.64. The van der Waals surface area contributed by atoms with Crippen LogP contribution in [0.1, 0.15) is 99.9 Å². The van der Waals surface area contributed by atoms with Gasteiger partial charge in [-0.15, -0.1) is 0 Å². The van der Waals surface area contributed by atoms with Crippen LogP contribution in [0.15, 0.2) is 213 Å². The fourth-order valence-corrected chi connectivity index (χ4v) is 16.3. The fraction of sp³-hybridized carbons (Fsp3) is 0.154. The van der Waals surface area contributed by atoms with Crippen molar-refractivity contribution in [2.24, 2.45) is 0 Å². The Morgan fingerprint density at radius 1 is 0.293 bits per heavy atom. The maximum absolute atomic E-state index is 7.07. The van der Waals surface area contributed by atoms with Crippen molar-refractivity contribution in [3.05, 3.63) is 245 Å². The van der Waals surface area contributed by atoms with Crippen LogP contribution in [0.3, 0.4) is 0 Å². The average molecular weight is 1060 g/mol. The standard InChI is InChI=1S/C78H57NO3/c1-75(2)54-25-14-9-20-45(54)46-35-32-42(38-56(46)75)53-41-59-65(68-51-23-12-17-29-62(51)81-73(53)68)48-36-33-43(39-57(48)76(59,3)4)79(60-27-19-31-64-66(60)50-22-11-16-28-61(50)80-64)44-34-37-49-58(40-44)78(7,8)71-67(49)69-52-24-13-18-30-63(52)82-74(69)70-47-21-10-15-26-55(47)77(5,6)72(70)71/h9-41H,1-8H3. The zero-order valence-corrected chi connectivity index (χ0v) is 47.2. The SMILES string of the molecule is CC1(C)c2ccccc2-c2ccc(-c3cc4c(c5c3oc3ccccc35)-c3ccc(N(c5ccc6c(c5)C(C)(C)c5c7c(c8oc9ccccc9c8c5-6)-c5ccccc5C7(C)C)c5cccc6oc7ccccc7c56)cc3C4(C)C)cc21. The molecule has 18 rings (SSSR count). The highest BCUT2D eigenvalue weighted by Gasteiger charge is 2.49. The first-order valence-electron chi connectivity index (χ1n) is 29.1. The van der Waals surface area contributed by atoms with Gasteiger partial charge in [-0.25, -0.2) is 0 Å². The average Bonchev–Trinajstić information content (AvgIpc) is 1.68. The topological polar surface area (TPSA) is 42.7 Å². The number of anilines is 3. The Balaban J connectivity index is 0.862. The van der Waals surface area contributed by atoms with Gasteiger partial charge in [0.15, 0.2) is 0 Å². The van der Waals surface area contributed by atoms with Gasteiger partial charge in [-0.1, -0.05) is 189 Å². The minimum absolute atomic E-state index is 0.139. The first-order valence-corrected chi connectivity index (χ1v) is 29.1. The third-order valence-corrected chi connectivity index (χ3v) is 20.2. The molecule has 0 atom stereocenters. The second-order valence-corrected chi connectivity index (χ2v) is 25.8. The van der Waals surface area contributed by atoms with Crippen LogP contribution in [0.25, 0.3) is 121 Å². The van der Waals surface area contributed by atoms with E-state index >= 15 is 0 Å². The molecule has 0 bridgehead atoms. The van der Waals surface area contributed by atoms with Crippen molar-refractivity contribution in [1.29, 1.82) is 0 Å². The molecular formula is C78H57NO3. The normalized spacial score (nSPS) is 16.0. The lowest BCUT2D eigenvalue weighted by Gasteiger charge is -2.32. The largest absolute Gasteiger partial charge is 0.456 e. The minimum Gasteiger partial charge on any atom is -0.456 e. The molecule has 0 radical (unpaired) electrons. The van der Waals surface area contributed by atoms with Gasteiger partial charge in [-0.2, -0.15) is 0 Å². The Hall–Kier alpha value is -9.38. The molecule has 82 heavy (non-hydrogen) atoms. The summed E-state index contributed by atoms with van der Waals surface area (Å²) in [5, 5.41) is 6.85. The van der Waals surface area contributed by atoms with Crippen LogP contribution in [-0.4, -0.2) is 0 Å². The smallest absolute Gasteiger partial charge is 0.144 e. The minimum atomic E-state index is -0.390. The second-order valence-electron chi connectivity index (χ2n) is 25.8. The van der Waals surface area contributed by atoms with Crippen LogP contribution in [0.5, 0.6) is 0 Å². The van der Waals surface area contributed by atoms with E-state index in [1.807, 2.05) is 0 Å². The van der Waals surface area contributed by atoms with Crippen LogP contribution in [-0.2, 0) is 21.7 Å². The molecule has 4 aliphatic carbocycles. The number of nitrogens with zero attached hydrogens (tertiary/aromatic N) is 1. The Labute approximate surface area is 475 Å². The van der Waals surface area contributed by atoms with E-state index < -0.39 is 0 Å². The number of hydrogen-bond donors (Lipinski definition) is 0. The maximum atomic E-state index is 7.07. The van der Waals surface area contributed by atoms with Crippen molar-refractivity contribution in [3.8, 4) is 55.6 Å². The molecule has 4 nitrogen and oxygen atoms in total. The van der Waals surface area contributed by atoms with Crippen molar-refractivity contribution in [1.82, 2.24) is 0 Å². The van der Waals surface area contributed by atoms with E-state index in [1.54, 1.807) is 0 Å². The quantitative estimate of drug-likeness (QED) is 0.176. The number of benzene rings is 11. The molecule has 4 aliphatic rings. The van der Waals surface area contributed by atoms with E-state index in [0.29, 0.717) is 0 Å². The molecule has 0 saturated carbocycles. The van der Waals surface area contributed by atoms with Gasteiger partial charge < -0.3 is 18.2 Å². The number of fused-ring (bicyclic) bond motifs is 25. The number of furan rings is 3. The summed E-state index contributed by atoms with van der Waals surface area (Å²) in [7, 11) is 0. The molecule has 0 aliphatic heterocycles. The summed E-state index contributed by atoms with van der Waals surface area (Å²) in [6.07, 6.45) is 0. The maximum Gasteiger partial charge on any atom is 0.144 e. The Bertz CT molecular complexity index is 5240. The molecule has 0 saturated heterocycles. The van der Waals surface area contributed by atoms with E-state index in [2.05, 4.69) is 260 Å². The van der Waals surface area contributed by atoms with Crippen LogP contribution < -0.4 is 4.90 Å². The Kier molecular flexibility index (Phi) is 8.67. The zero-order chi connectivity index (χ0) is 55.1. The molecular weight excluding hydrogens is 999 g/mol. The van der Waals surface area contributed by atoms with Crippen molar-refractivity contribution in [2.75, 3.05) is 4.90 Å². The zero-order valence-electron chi connectivity index (χ0n) is 47.2. The molecule has 0 N–H and O–H groups in total. The van der Waals surface area contributed by atoms with Crippen LogP contribution in [0, 0.1) is 0 Å². The summed E-state index contributed by atoms with van der Waals surface area (Å²) in [5.74, 6) is 0. The molecule has 3 heterocycles. The van der Waals surface area contributed by atoms with Crippen LogP contribution in [0.2, 0.25) is 0 Å². The summed E-state index contributed by atoms with van der Waals surface area (Å²) in [4.78, 5) is 2.51. The van der Waals surface area contributed by atoms with Gasteiger partial charge in [0.05, 0.1) is 11.1 Å². The fourth-order valence-electron chi connectivity index (χ4n) is 16.3. The molecule has 14 aromatic rings. The summed E-state index contributed by atoms with van der Waals surface area (Å²) >= 11 is 0. The van der Waals surface area contributed by atoms with Gasteiger partial charge in [0, 0.05) is 71.1 Å². The van der Waals surface area contributed by atoms with Crippen LogP contribution in [0.4, 0.5) is 17.1 Å². The summed E-state index contributed by atoms with van der Waals surface area (Å²) in [6, 6.07) is 74.2. The Morgan fingerprint density at radius 3 is 1.45 bits per heavy atom. The summed E-state index contributed by atoms with van der Waals surface area (Å²) in [6.45, 7) is 19.3. The highest BCUT2D eigenvalue weighted by atomic mass is 16.3. The van der Waals surface area contributed by atoms with E-state index in [-0.39, 0.29) is 21.7 Å². The predicted molar refractivity (Wildman–Crippen MR) is 339 cm³/mol. The monoisotopic (exact) mass is 1060 g/mol. The van der Waals surface area contributed by atoms with Crippen LogP contribution >= 0.6 is 0 Å². The third-order valence-electron chi connectivity index (χ3n) is 20.2. The van der Waals surface area contributed by atoms with Gasteiger partial charge in [-0.3, -0.25) is 0 Å². The van der Waals surface area contributed by atoms with Gasteiger partial charge in [0.25, 0.3) is 0 Å². The first-order chi connectivity index (χ1) is 39.7. The summed E-state index contributed by atoms with van der Waals surface area (Å²) < 4.78 is 20.8. The molecule has 392 valence electrons. The Morgan fingerprint density at radius 2 is 0.756 bits per heavy atom. The van der Waals surface area contributed by atoms with E-state index in [4.69, 9.17) is 13.3 Å². The molecule has 4 heteroatoms. The van der Waals surface area contributed by atoms with Gasteiger partial charge in [0.1, 0.15) is 33.5 Å². The van der Waals surface area contributed by atoms with Crippen molar-refractivity contribution in [3.63, 3.8) is 0 Å². The lowest BCUT2D eigenvalue weighted by Crippen LogP contribution is -2.24. The number of rotatable bonds is 4. The summed E-state index contributed by atoms with van der Waals surface area (Å²) in [5.41, 5.74) is 30.8. The van der Waals surface area contributed by atoms with E-state index in [1.165, 1.54) is 105 Å². The van der Waals surface area contributed by atoms with Gasteiger partial charge >= 0.3 is 0 Å². The predicted octanol–water partition coefficient (Wildman–Crippen LogP) is 21.7. The molecule has 0 spiro atoms. The highest BCUT2D eigenvalue weighted by molar-refractivity contribution is 6.22. The van der Waals surface area contributed by atoms with E-state index in [0.717, 1.165) is 77.7 Å². The number of para-hydroxylation sites is 3. The molecule has 0 fully saturated rings. The molecule has 0 unspecified atom stereocenters. The lowest BCUT2D eigenvalue weighted by atomic mass is 9.72. The lowest BCUT2D eigenvalue weighted by molar-refractivity contribution is 0.600. The van der Waals surface area contributed by atoms with Gasteiger partial charge in [-0.05, 0) is 156 Å². The van der Waals surface area contributed by atoms with Crippen molar-refractivity contribution in [2.45, 2.75) is 77.0 Å².